The van der Waals surface area contributed by atoms with Crippen molar-refractivity contribution < 1.29 is 14.3 Å². The third-order valence-corrected chi connectivity index (χ3v) is 4.25. The fourth-order valence-electron chi connectivity index (χ4n) is 2.62. The van der Waals surface area contributed by atoms with Gasteiger partial charge < -0.3 is 20.3 Å². The quantitative estimate of drug-likeness (QED) is 0.750. The second kappa shape index (κ2) is 9.73. The summed E-state index contributed by atoms with van der Waals surface area (Å²) in [5, 5.41) is 5.98. The number of nitrogens with zero attached hydrogens (tertiary/aromatic N) is 1. The van der Waals surface area contributed by atoms with Crippen molar-refractivity contribution in [2.45, 2.75) is 32.5 Å². The molecule has 2 aromatic rings. The smallest absolute Gasteiger partial charge is 0.253 e. The number of amides is 2. The van der Waals surface area contributed by atoms with Crippen molar-refractivity contribution in [2.75, 3.05) is 24.8 Å². The highest BCUT2D eigenvalue weighted by molar-refractivity contribution is 5.94. The van der Waals surface area contributed by atoms with Crippen LogP contribution >= 0.6 is 0 Å². The Morgan fingerprint density at radius 1 is 1.04 bits per heavy atom. The molecular formula is C21H27N3O3. The van der Waals surface area contributed by atoms with E-state index in [4.69, 9.17) is 4.74 Å². The molecule has 2 N–H and O–H groups in total. The first-order valence-corrected chi connectivity index (χ1v) is 8.90. The summed E-state index contributed by atoms with van der Waals surface area (Å²) in [6.07, 6.45) is -0.534. The molecule has 144 valence electrons. The summed E-state index contributed by atoms with van der Waals surface area (Å²) >= 11 is 0. The maximum atomic E-state index is 12.6. The Kier molecular flexibility index (Phi) is 7.37. The summed E-state index contributed by atoms with van der Waals surface area (Å²) < 4.78 is 5.01. The number of benzene rings is 2. The molecule has 2 amide bonds. The van der Waals surface area contributed by atoms with Crippen molar-refractivity contribution in [1.29, 1.82) is 0 Å². The number of ether oxygens (including phenoxy) is 1. The van der Waals surface area contributed by atoms with Gasteiger partial charge in [-0.05, 0) is 37.6 Å². The van der Waals surface area contributed by atoms with Gasteiger partial charge in [0.05, 0.1) is 0 Å². The van der Waals surface area contributed by atoms with Crippen LogP contribution < -0.4 is 10.6 Å². The van der Waals surface area contributed by atoms with Crippen LogP contribution in [0.3, 0.4) is 0 Å². The summed E-state index contributed by atoms with van der Waals surface area (Å²) in [5.41, 5.74) is 2.48. The van der Waals surface area contributed by atoms with Gasteiger partial charge in [-0.25, -0.2) is 0 Å². The molecule has 2 unspecified atom stereocenters. The molecule has 0 saturated carbocycles. The highest BCUT2D eigenvalue weighted by Gasteiger charge is 2.18. The van der Waals surface area contributed by atoms with Gasteiger partial charge >= 0.3 is 0 Å². The second-order valence-electron chi connectivity index (χ2n) is 6.49. The van der Waals surface area contributed by atoms with Crippen LogP contribution in [-0.4, -0.2) is 43.0 Å². The Bertz CT molecular complexity index is 764. The van der Waals surface area contributed by atoms with Crippen LogP contribution in [-0.2, 0) is 20.9 Å². The van der Waals surface area contributed by atoms with E-state index >= 15 is 0 Å². The molecule has 0 saturated heterocycles. The number of hydrogen-bond donors (Lipinski definition) is 2. The molecule has 6 nitrogen and oxygen atoms in total. The Hall–Kier alpha value is -2.86. The SMILES string of the molecule is COC(C)C(=O)Nc1cccc(NC(C)C(=O)N(C)Cc2ccccc2)c1. The van der Waals surface area contributed by atoms with Gasteiger partial charge in [0.25, 0.3) is 5.91 Å². The van der Waals surface area contributed by atoms with E-state index in [2.05, 4.69) is 10.6 Å². The zero-order chi connectivity index (χ0) is 19.8. The number of carbonyl (C=O) groups excluding carboxylic acids is 2. The van der Waals surface area contributed by atoms with Crippen LogP contribution in [0.4, 0.5) is 11.4 Å². The first kappa shape index (κ1) is 20.5. The van der Waals surface area contributed by atoms with E-state index in [0.717, 1.165) is 11.3 Å². The minimum Gasteiger partial charge on any atom is -0.374 e. The highest BCUT2D eigenvalue weighted by Crippen LogP contribution is 2.17. The van der Waals surface area contributed by atoms with Crippen molar-refractivity contribution in [3.63, 3.8) is 0 Å². The van der Waals surface area contributed by atoms with E-state index < -0.39 is 12.1 Å². The first-order valence-electron chi connectivity index (χ1n) is 8.90. The van der Waals surface area contributed by atoms with Gasteiger partial charge in [0.1, 0.15) is 12.1 Å². The predicted octanol–water partition coefficient (Wildman–Crippen LogP) is 3.12. The van der Waals surface area contributed by atoms with Crippen LogP contribution in [0.1, 0.15) is 19.4 Å². The molecule has 0 aromatic heterocycles. The average Bonchev–Trinajstić information content (AvgIpc) is 2.67. The van der Waals surface area contributed by atoms with Crippen LogP contribution in [0.2, 0.25) is 0 Å². The number of anilines is 2. The molecule has 0 bridgehead atoms. The number of hydrogen-bond acceptors (Lipinski definition) is 4. The summed E-state index contributed by atoms with van der Waals surface area (Å²) in [6, 6.07) is 16.7. The van der Waals surface area contributed by atoms with E-state index in [-0.39, 0.29) is 11.8 Å². The molecule has 0 aliphatic heterocycles. The molecule has 0 aliphatic rings. The van der Waals surface area contributed by atoms with Crippen molar-refractivity contribution in [1.82, 2.24) is 4.90 Å². The lowest BCUT2D eigenvalue weighted by Crippen LogP contribution is -2.38. The van der Waals surface area contributed by atoms with E-state index in [1.165, 1.54) is 7.11 Å². The van der Waals surface area contributed by atoms with Gasteiger partial charge in [-0.3, -0.25) is 9.59 Å². The van der Waals surface area contributed by atoms with Crippen LogP contribution in [0, 0.1) is 0 Å². The lowest BCUT2D eigenvalue weighted by atomic mass is 10.2. The normalized spacial score (nSPS) is 12.7. The Morgan fingerprint density at radius 3 is 2.37 bits per heavy atom. The molecule has 0 spiro atoms. The number of carbonyl (C=O) groups is 2. The van der Waals surface area contributed by atoms with E-state index in [1.807, 2.05) is 49.4 Å². The lowest BCUT2D eigenvalue weighted by Gasteiger charge is -2.23. The largest absolute Gasteiger partial charge is 0.374 e. The minimum absolute atomic E-state index is 0.0127. The fraction of sp³-hybridized carbons (Fsp3) is 0.333. The standard InChI is InChI=1S/C21H27N3O3/c1-15(21(26)24(3)14-17-9-6-5-7-10-17)22-18-11-8-12-19(13-18)23-20(25)16(2)27-4/h5-13,15-16,22H,14H2,1-4H3,(H,23,25). The first-order chi connectivity index (χ1) is 12.9. The van der Waals surface area contributed by atoms with Crippen molar-refractivity contribution in [3.05, 3.63) is 60.2 Å². The topological polar surface area (TPSA) is 70.7 Å². The molecule has 2 atom stereocenters. The molecule has 0 aliphatic carbocycles. The third-order valence-electron chi connectivity index (χ3n) is 4.25. The van der Waals surface area contributed by atoms with E-state index in [0.29, 0.717) is 12.2 Å². The molecule has 0 heterocycles. The van der Waals surface area contributed by atoms with Gasteiger partial charge in [-0.15, -0.1) is 0 Å². The zero-order valence-electron chi connectivity index (χ0n) is 16.2. The molecule has 2 rings (SSSR count). The van der Waals surface area contributed by atoms with E-state index in [1.54, 1.807) is 31.0 Å². The molecule has 6 heteroatoms. The van der Waals surface area contributed by atoms with Gasteiger partial charge in [-0.2, -0.15) is 0 Å². The number of nitrogens with one attached hydrogen (secondary N) is 2. The van der Waals surface area contributed by atoms with Crippen LogP contribution in [0.15, 0.2) is 54.6 Å². The van der Waals surface area contributed by atoms with Gasteiger partial charge in [0.15, 0.2) is 0 Å². The van der Waals surface area contributed by atoms with Crippen LogP contribution in [0.5, 0.6) is 0 Å². The Morgan fingerprint density at radius 2 is 1.70 bits per heavy atom. The zero-order valence-corrected chi connectivity index (χ0v) is 16.2. The molecular weight excluding hydrogens is 342 g/mol. The van der Waals surface area contributed by atoms with Crippen LogP contribution in [0.25, 0.3) is 0 Å². The maximum absolute atomic E-state index is 12.6. The Labute approximate surface area is 160 Å². The monoisotopic (exact) mass is 369 g/mol. The summed E-state index contributed by atoms with van der Waals surface area (Å²) in [4.78, 5) is 26.2. The van der Waals surface area contributed by atoms with Gasteiger partial charge in [0, 0.05) is 32.1 Å². The molecule has 2 aromatic carbocycles. The van der Waals surface area contributed by atoms with Crippen molar-refractivity contribution in [3.8, 4) is 0 Å². The highest BCUT2D eigenvalue weighted by atomic mass is 16.5. The minimum atomic E-state index is -0.534. The van der Waals surface area contributed by atoms with Gasteiger partial charge in [-0.1, -0.05) is 36.4 Å². The average molecular weight is 369 g/mol. The maximum Gasteiger partial charge on any atom is 0.253 e. The number of rotatable bonds is 8. The van der Waals surface area contributed by atoms with E-state index in [9.17, 15) is 9.59 Å². The number of likely N-dealkylation sites (N-methyl/N-ethyl adjacent to an activating group) is 1. The van der Waals surface area contributed by atoms with Gasteiger partial charge in [0.2, 0.25) is 5.91 Å². The molecule has 27 heavy (non-hydrogen) atoms. The molecule has 0 radical (unpaired) electrons. The Balaban J connectivity index is 1.96. The van der Waals surface area contributed by atoms with Crippen molar-refractivity contribution >= 4 is 23.2 Å². The fourth-order valence-corrected chi connectivity index (χ4v) is 2.62. The number of methoxy groups -OCH3 is 1. The summed E-state index contributed by atoms with van der Waals surface area (Å²) in [5.74, 6) is -0.234. The second-order valence-corrected chi connectivity index (χ2v) is 6.49. The third kappa shape index (κ3) is 6.11. The van der Waals surface area contributed by atoms with Crippen molar-refractivity contribution in [2.24, 2.45) is 0 Å². The summed E-state index contributed by atoms with van der Waals surface area (Å²) in [6.45, 7) is 4.06. The predicted molar refractivity (Wildman–Crippen MR) is 108 cm³/mol. The lowest BCUT2D eigenvalue weighted by molar-refractivity contribution is -0.130. The molecule has 0 fully saturated rings. The summed E-state index contributed by atoms with van der Waals surface area (Å²) in [7, 11) is 3.28.